The molecule has 332 valence electrons. The average molecular weight is 897 g/mol. The van der Waals surface area contributed by atoms with E-state index in [0.717, 1.165) is 57.6 Å². The fourth-order valence-corrected chi connectivity index (χ4v) is 10.8. The van der Waals surface area contributed by atoms with Gasteiger partial charge in [-0.1, -0.05) is 170 Å². The lowest BCUT2D eigenvalue weighted by Crippen LogP contribution is -2.19. The molecule has 2 heterocycles. The van der Waals surface area contributed by atoms with Gasteiger partial charge in [-0.25, -0.2) is 0 Å². The number of aromatic nitrogens is 1. The van der Waals surface area contributed by atoms with Crippen molar-refractivity contribution in [2.24, 2.45) is 0 Å². The molecule has 1 aliphatic heterocycles. The number of benzene rings is 11. The highest BCUT2D eigenvalue weighted by atomic mass is 15.2. The van der Waals surface area contributed by atoms with Gasteiger partial charge in [0.2, 0.25) is 0 Å². The summed E-state index contributed by atoms with van der Waals surface area (Å²) in [5.41, 5.74) is 16.4. The van der Waals surface area contributed by atoms with E-state index in [0.29, 0.717) is 0 Å². The van der Waals surface area contributed by atoms with Gasteiger partial charge in [0.1, 0.15) is 0 Å². The van der Waals surface area contributed by atoms with E-state index < -0.39 is 0 Å². The first-order valence-corrected chi connectivity index (χ1v) is 24.2. The second-order valence-corrected chi connectivity index (χ2v) is 18.1. The zero-order chi connectivity index (χ0) is 46.4. The Bertz CT molecular complexity index is 3780. The fourth-order valence-electron chi connectivity index (χ4n) is 10.8. The van der Waals surface area contributed by atoms with E-state index in [2.05, 4.69) is 292 Å². The largest absolute Gasteiger partial charge is 0.333 e. The summed E-state index contributed by atoms with van der Waals surface area (Å²) in [4.78, 5) is 7.32. The number of fused-ring (bicyclic) bond motifs is 4. The van der Waals surface area contributed by atoms with E-state index in [9.17, 15) is 0 Å². The van der Waals surface area contributed by atoms with Crippen LogP contribution in [0.25, 0.3) is 49.4 Å². The third kappa shape index (κ3) is 7.26. The van der Waals surface area contributed by atoms with Gasteiger partial charge < -0.3 is 19.3 Å². The van der Waals surface area contributed by atoms with Gasteiger partial charge >= 0.3 is 0 Å². The van der Waals surface area contributed by atoms with E-state index in [1.54, 1.807) is 0 Å². The Balaban J connectivity index is 0.930. The molecule has 0 aliphatic carbocycles. The van der Waals surface area contributed by atoms with E-state index >= 15 is 0 Å². The SMILES string of the molecule is c1ccc(-c2cc3cc4c(cc3n2-c2ccc(N(c3ccccc3)c3cccc5ccccc35)cc2)CC(c2ccccc2)N4c2ccc(N(c3ccccc3)c3cccc4ccccc34)cc2)cc1. The predicted octanol–water partition coefficient (Wildman–Crippen LogP) is 18.0. The van der Waals surface area contributed by atoms with Gasteiger partial charge in [-0.2, -0.15) is 0 Å². The van der Waals surface area contributed by atoms with Gasteiger partial charge in [0, 0.05) is 56.0 Å². The van der Waals surface area contributed by atoms with Crippen molar-refractivity contribution in [1.29, 1.82) is 0 Å². The lowest BCUT2D eigenvalue weighted by molar-refractivity contribution is 0.743. The maximum atomic E-state index is 2.57. The lowest BCUT2D eigenvalue weighted by Gasteiger charge is -2.30. The molecule has 0 saturated carbocycles. The molecule has 1 atom stereocenters. The van der Waals surface area contributed by atoms with Crippen LogP contribution in [-0.2, 0) is 6.42 Å². The van der Waals surface area contributed by atoms with Crippen LogP contribution in [0.5, 0.6) is 0 Å². The topological polar surface area (TPSA) is 14.7 Å². The molecule has 1 aliphatic rings. The smallest absolute Gasteiger partial charge is 0.0632 e. The van der Waals surface area contributed by atoms with Crippen LogP contribution >= 0.6 is 0 Å². The number of hydrogen-bond acceptors (Lipinski definition) is 3. The Morgan fingerprint density at radius 3 is 1.37 bits per heavy atom. The minimum absolute atomic E-state index is 0.121. The number of anilines is 8. The van der Waals surface area contributed by atoms with Gasteiger partial charge in [-0.3, -0.25) is 0 Å². The van der Waals surface area contributed by atoms with Crippen LogP contribution in [0.2, 0.25) is 0 Å². The molecule has 0 fully saturated rings. The second kappa shape index (κ2) is 17.5. The van der Waals surface area contributed by atoms with Crippen molar-refractivity contribution in [1.82, 2.24) is 4.57 Å². The zero-order valence-electron chi connectivity index (χ0n) is 38.6. The van der Waals surface area contributed by atoms with Crippen LogP contribution in [0.3, 0.4) is 0 Å². The Labute approximate surface area is 408 Å². The lowest BCUT2D eigenvalue weighted by atomic mass is 10.0. The Morgan fingerprint density at radius 2 is 0.814 bits per heavy atom. The molecule has 0 bridgehead atoms. The Morgan fingerprint density at radius 1 is 0.357 bits per heavy atom. The van der Waals surface area contributed by atoms with Crippen LogP contribution in [-0.4, -0.2) is 4.57 Å². The summed E-state index contributed by atoms with van der Waals surface area (Å²) in [6, 6.07) is 99.4. The fraction of sp³-hybridized carbons (Fsp3) is 0.0303. The first-order chi connectivity index (χ1) is 34.7. The molecule has 0 N–H and O–H groups in total. The van der Waals surface area contributed by atoms with E-state index in [4.69, 9.17) is 0 Å². The first-order valence-electron chi connectivity index (χ1n) is 24.2. The highest BCUT2D eigenvalue weighted by Crippen LogP contribution is 2.49. The van der Waals surface area contributed by atoms with E-state index in [-0.39, 0.29) is 6.04 Å². The summed E-state index contributed by atoms with van der Waals surface area (Å²) in [5, 5.41) is 6.06. The van der Waals surface area contributed by atoms with Crippen molar-refractivity contribution in [3.05, 3.63) is 284 Å². The van der Waals surface area contributed by atoms with Gasteiger partial charge in [0.25, 0.3) is 0 Å². The summed E-state index contributed by atoms with van der Waals surface area (Å²) in [6.45, 7) is 0. The van der Waals surface area contributed by atoms with Crippen molar-refractivity contribution in [2.75, 3.05) is 14.7 Å². The molecule has 1 unspecified atom stereocenters. The van der Waals surface area contributed by atoms with Crippen LogP contribution in [0, 0.1) is 0 Å². The molecule has 0 saturated heterocycles. The summed E-state index contributed by atoms with van der Waals surface area (Å²) in [5.74, 6) is 0. The third-order valence-corrected chi connectivity index (χ3v) is 14.0. The highest BCUT2D eigenvalue weighted by Gasteiger charge is 2.33. The third-order valence-electron chi connectivity index (χ3n) is 14.0. The molecule has 0 spiro atoms. The molecule has 4 heteroatoms. The van der Waals surface area contributed by atoms with Crippen LogP contribution in [0.15, 0.2) is 273 Å². The normalized spacial score (nSPS) is 13.2. The number of rotatable bonds is 10. The molecule has 11 aromatic carbocycles. The molecular weight excluding hydrogens is 849 g/mol. The maximum Gasteiger partial charge on any atom is 0.0632 e. The summed E-state index contributed by atoms with van der Waals surface area (Å²) in [6.07, 6.45) is 0.880. The van der Waals surface area contributed by atoms with Gasteiger partial charge in [0.05, 0.1) is 28.6 Å². The van der Waals surface area contributed by atoms with Crippen molar-refractivity contribution >= 4 is 77.9 Å². The molecule has 4 nitrogen and oxygen atoms in total. The molecule has 12 aromatic rings. The van der Waals surface area contributed by atoms with E-state index in [1.165, 1.54) is 54.8 Å². The molecular formula is C66H48N4. The first kappa shape index (κ1) is 41.1. The number of para-hydroxylation sites is 2. The number of hydrogen-bond donors (Lipinski definition) is 0. The molecule has 70 heavy (non-hydrogen) atoms. The molecule has 13 rings (SSSR count). The van der Waals surface area contributed by atoms with Crippen LogP contribution in [0.1, 0.15) is 17.2 Å². The summed E-state index contributed by atoms with van der Waals surface area (Å²) >= 11 is 0. The van der Waals surface area contributed by atoms with Crippen molar-refractivity contribution in [3.8, 4) is 16.9 Å². The van der Waals surface area contributed by atoms with Crippen LogP contribution in [0.4, 0.5) is 45.5 Å². The Hall–Kier alpha value is -9.12. The van der Waals surface area contributed by atoms with Crippen LogP contribution < -0.4 is 14.7 Å². The molecule has 0 radical (unpaired) electrons. The molecule has 0 amide bonds. The summed E-state index contributed by atoms with van der Waals surface area (Å²) in [7, 11) is 0. The standard InChI is InChI=1S/C66H48N4/c1-5-21-49(22-6-1)63-43-51-45-66-52(46-65(51)69(63)57-39-35-55(36-40-57)67(53-27-9-3-10-28-53)61-33-17-25-47-19-13-15-31-59(47)61)44-64(50-23-7-2-8-24-50)70(66)58-41-37-56(38-42-58)68(54-29-11-4-12-30-54)62-34-18-26-48-20-14-16-32-60(48)62/h1-43,45-46,64H,44H2. The van der Waals surface area contributed by atoms with E-state index in [1.807, 2.05) is 0 Å². The minimum atomic E-state index is 0.121. The molecule has 1 aromatic heterocycles. The summed E-state index contributed by atoms with van der Waals surface area (Å²) < 4.78 is 2.46. The van der Waals surface area contributed by atoms with Crippen molar-refractivity contribution in [2.45, 2.75) is 12.5 Å². The average Bonchev–Trinajstić information content (AvgIpc) is 4.00. The van der Waals surface area contributed by atoms with Gasteiger partial charge in [-0.05, 0) is 137 Å². The van der Waals surface area contributed by atoms with Crippen molar-refractivity contribution < 1.29 is 0 Å². The minimum Gasteiger partial charge on any atom is -0.333 e. The maximum absolute atomic E-state index is 2.57. The number of nitrogens with zero attached hydrogens (tertiary/aromatic N) is 4. The second-order valence-electron chi connectivity index (χ2n) is 18.1. The quantitative estimate of drug-likeness (QED) is 0.136. The van der Waals surface area contributed by atoms with Gasteiger partial charge in [-0.15, -0.1) is 0 Å². The highest BCUT2D eigenvalue weighted by molar-refractivity contribution is 6.01. The van der Waals surface area contributed by atoms with Crippen molar-refractivity contribution in [3.63, 3.8) is 0 Å². The van der Waals surface area contributed by atoms with Gasteiger partial charge in [0.15, 0.2) is 0 Å². The Kier molecular flexibility index (Phi) is 10.3. The zero-order valence-corrected chi connectivity index (χ0v) is 38.6. The monoisotopic (exact) mass is 896 g/mol. The predicted molar refractivity (Wildman–Crippen MR) is 295 cm³/mol.